The Kier molecular flexibility index (Phi) is 30.0. The molecule has 2 amide bonds. The van der Waals surface area contributed by atoms with E-state index in [1.54, 1.807) is 12.4 Å². The fourth-order valence-electron chi connectivity index (χ4n) is 6.40. The predicted molar refractivity (Wildman–Crippen MR) is 336 cm³/mol. The molecule has 0 spiro atoms. The highest BCUT2D eigenvalue weighted by Gasteiger charge is 2.68. The number of pyridine rings is 1. The molecule has 0 unspecified atom stereocenters. The minimum absolute atomic E-state index is 0.0571. The number of aromatic amines is 2. The van der Waals surface area contributed by atoms with Gasteiger partial charge >= 0.3 is 10.3 Å². The number of primary sulfonamides is 6. The molecule has 42 nitrogen and oxygen atoms in total. The Balaban J connectivity index is 0.000000530. The maximum Gasteiger partial charge on any atom is 0.352 e. The van der Waals surface area contributed by atoms with E-state index in [0.29, 0.717) is 11.3 Å². The Bertz CT molecular complexity index is 4030. The van der Waals surface area contributed by atoms with Crippen molar-refractivity contribution in [1.82, 2.24) is 56.0 Å². The molecular weight excluding hydrogens is 1490 g/mol. The predicted octanol–water partition coefficient (Wildman–Crippen LogP) is -2.53. The Morgan fingerprint density at radius 3 is 0.891 bits per heavy atom. The topological polar surface area (TPSA) is 748 Å². The van der Waals surface area contributed by atoms with E-state index < -0.39 is 66.1 Å². The van der Waals surface area contributed by atoms with Crippen molar-refractivity contribution in [2.75, 3.05) is 33.6 Å². The summed E-state index contributed by atoms with van der Waals surface area (Å²) in [6.07, 6.45) is 3.50. The summed E-state index contributed by atoms with van der Waals surface area (Å²) in [6.45, 7) is 18.8. The van der Waals surface area contributed by atoms with Gasteiger partial charge in [-0.3, -0.25) is 35.6 Å². The van der Waals surface area contributed by atoms with Gasteiger partial charge in [-0.15, -0.1) is 51.0 Å². The van der Waals surface area contributed by atoms with Gasteiger partial charge in [-0.05, 0) is 68.1 Å². The summed E-state index contributed by atoms with van der Waals surface area (Å²) in [5.41, 5.74) is 20.5. The molecule has 514 valence electrons. The lowest BCUT2D eigenvalue weighted by Gasteiger charge is -2.03. The van der Waals surface area contributed by atoms with Crippen LogP contribution in [0, 0.1) is 33.5 Å². The van der Waals surface area contributed by atoms with E-state index in [2.05, 4.69) is 104 Å². The third-order valence-electron chi connectivity index (χ3n) is 11.6. The number of carboxylic acids is 1. The molecule has 92 heavy (non-hydrogen) atoms. The lowest BCUT2D eigenvalue weighted by Crippen LogP contribution is -2.17. The number of carboxylic acid groups (broad SMARTS) is 1. The fourth-order valence-corrected chi connectivity index (χ4v) is 14.7. The van der Waals surface area contributed by atoms with Crippen LogP contribution in [0.15, 0.2) is 56.6 Å². The first-order valence-electron chi connectivity index (χ1n) is 23.5. The zero-order valence-electron chi connectivity index (χ0n) is 49.0. The van der Waals surface area contributed by atoms with E-state index >= 15 is 0 Å². The van der Waals surface area contributed by atoms with Crippen molar-refractivity contribution >= 4 is 194 Å². The van der Waals surface area contributed by atoms with Crippen LogP contribution in [0.1, 0.15) is 69.2 Å². The van der Waals surface area contributed by atoms with E-state index in [1.165, 1.54) is 6.92 Å². The Morgan fingerprint density at radius 1 is 0.457 bits per heavy atom. The zero-order valence-corrected chi connectivity index (χ0v) is 59.5. The first-order chi connectivity index (χ1) is 41.4. The number of nitrogens with two attached hydrogens (primary N) is 10. The lowest BCUT2D eigenvalue weighted by atomic mass is 10.0. The number of rotatable bonds is 10. The van der Waals surface area contributed by atoms with Gasteiger partial charge in [0.15, 0.2) is 0 Å². The van der Waals surface area contributed by atoms with Crippen molar-refractivity contribution in [3.05, 3.63) is 30.6 Å². The molecule has 2 aliphatic rings. The van der Waals surface area contributed by atoms with Crippen LogP contribution < -0.4 is 74.6 Å². The van der Waals surface area contributed by atoms with E-state index in [-0.39, 0.29) is 107 Å². The molecule has 2 saturated carbocycles. The Labute approximate surface area is 553 Å². The second-order valence-corrected chi connectivity index (χ2v) is 36.3. The van der Waals surface area contributed by atoms with Crippen molar-refractivity contribution in [1.29, 1.82) is 0 Å². The van der Waals surface area contributed by atoms with Crippen LogP contribution in [0.2, 0.25) is 0 Å². The second kappa shape index (κ2) is 33.1. The number of carbonyl (C=O) groups excluding carboxylic acids is 3. The smallest absolute Gasteiger partial charge is 0.352 e. The standard InChI is InChI=1S/C10H16N4O3S2.C8H13ClO.C5H5N.C4H6N4O3S2.4C2H4N4O2S2.C2H4O2/c1-9(2)5(10(9,3)4)6(15)12-7-13-14-8(18-7)19(11,16)17;1-7(2)5(6(9)10)8(7,3)4;1-2-4-6-5-3-1;1-2(9)6-3-7-8-4(12-3)13(5,10)11;4*3-1-5-6-2(9-1)10(4,7)8;1-2(3)4/h5H,1-4H3,(H2,11,16,17)(H,12,13,15);5H,1-4H3;1-5H;1H3,(H2,5,10,11)(H,6,7,9);4*(H2,3,5)(H2,4,7,8);1H3,(H,3,4)/p+2. The van der Waals surface area contributed by atoms with Crippen molar-refractivity contribution in [3.8, 4) is 0 Å². The van der Waals surface area contributed by atoms with Crippen molar-refractivity contribution in [3.63, 3.8) is 0 Å². The van der Waals surface area contributed by atoms with Gasteiger partial charge in [0.05, 0.1) is 0 Å². The van der Waals surface area contributed by atoms with E-state index in [9.17, 15) is 64.9 Å². The molecule has 2 fully saturated rings. The van der Waals surface area contributed by atoms with Gasteiger partial charge in [-0.25, -0.2) is 81.3 Å². The van der Waals surface area contributed by atoms with Crippen LogP contribution in [0.5, 0.6) is 0 Å². The van der Waals surface area contributed by atoms with E-state index in [4.69, 9.17) is 75.3 Å². The number of carbonyl (C=O) groups is 4. The third-order valence-corrected chi connectivity index (χ3v) is 24.5. The average molecular weight is 1550 g/mol. The van der Waals surface area contributed by atoms with Crippen LogP contribution in [0.25, 0.3) is 0 Å². The van der Waals surface area contributed by atoms with Crippen LogP contribution in [-0.2, 0) is 79.3 Å². The summed E-state index contributed by atoms with van der Waals surface area (Å²) in [5, 5.41) is 79.4. The zero-order chi connectivity index (χ0) is 71.8. The molecule has 2 aliphatic carbocycles. The quantitative estimate of drug-likeness (QED) is 0.0496. The number of anilines is 6. The summed E-state index contributed by atoms with van der Waals surface area (Å²) in [7, 11) is -22.5. The lowest BCUT2D eigenvalue weighted by molar-refractivity contribution is -0.436. The second-order valence-electron chi connectivity index (χ2n) is 19.5. The van der Waals surface area contributed by atoms with Gasteiger partial charge in [0.25, 0.3) is 74.8 Å². The third kappa shape index (κ3) is 27.6. The number of nitrogen functional groups attached to an aromatic ring is 4. The number of sulfonamides is 6. The molecule has 7 aromatic heterocycles. The summed E-state index contributed by atoms with van der Waals surface area (Å²) in [6, 6.07) is 5.72. The average Bonchev–Trinajstić information content (AvgIpc) is 1.55. The van der Waals surface area contributed by atoms with Crippen LogP contribution in [-0.4, -0.2) is 135 Å². The van der Waals surface area contributed by atoms with Gasteiger partial charge in [0, 0.05) is 38.1 Å². The minimum atomic E-state index is -3.87. The highest BCUT2D eigenvalue weighted by Crippen LogP contribution is 2.69. The number of hydrogen-bond donors (Lipinski definition) is 13. The molecule has 9 rings (SSSR count). The molecule has 0 bridgehead atoms. The normalized spacial score (nSPS) is 14.9. The molecule has 0 aliphatic heterocycles. The minimum Gasteiger partial charge on any atom is -0.481 e. The van der Waals surface area contributed by atoms with Crippen molar-refractivity contribution < 1.29 is 85.0 Å². The summed E-state index contributed by atoms with van der Waals surface area (Å²) >= 11 is 9.91. The number of aliphatic carboxylic acids is 1. The molecule has 55 heteroatoms. The number of halogens is 1. The summed E-state index contributed by atoms with van der Waals surface area (Å²) < 4.78 is 126. The SMILES string of the molecule is CC(=O)Nc1nnc(S(N)(=O)=O)s1.CC(=O)O.CC1(C)C(C(=O)Cl)C1(C)C.CC1(C)C(C(=O)Nc2nnc(S(N)(=O)=O)s2)C1(C)C.Nc1[nH+]nc(S(N)(=O)=O)s1.Nc1[nH+]nc(S(N)(=O)=O)s1.Nc1nnc(S(N)(=O)=O)s1.Nc1nnc(S(N)(=O)=O)s1.c1ccncc1. The molecule has 0 aromatic carbocycles. The molecule has 7 heterocycles. The molecule has 0 saturated heterocycles. The molecule has 0 atom stereocenters. The van der Waals surface area contributed by atoms with Crippen LogP contribution in [0.4, 0.5) is 30.8 Å². The number of nitrogens with one attached hydrogen (secondary N) is 4. The first kappa shape index (κ1) is 83.6. The fraction of sp³-hybridized carbons (Fsp3) is 0.432. The van der Waals surface area contributed by atoms with Gasteiger partial charge in [-0.1, -0.05) is 117 Å². The van der Waals surface area contributed by atoms with Crippen LogP contribution >= 0.6 is 79.6 Å². The number of amides is 2. The van der Waals surface area contributed by atoms with Crippen LogP contribution in [0.3, 0.4) is 0 Å². The van der Waals surface area contributed by atoms with E-state index in [0.717, 1.165) is 63.6 Å². The number of H-pyrrole nitrogens is 2. The van der Waals surface area contributed by atoms with Gasteiger partial charge in [0.2, 0.25) is 54.9 Å². The first-order valence-corrected chi connectivity index (χ1v) is 38.1. The summed E-state index contributed by atoms with van der Waals surface area (Å²) in [5.74, 6) is -1.44. The maximum absolute atomic E-state index is 12.1. The number of aromatic nitrogens is 13. The number of hydrogen-bond acceptors (Lipinski definition) is 37. The van der Waals surface area contributed by atoms with Gasteiger partial charge < -0.3 is 27.2 Å². The molecule has 25 N–H and O–H groups in total. The van der Waals surface area contributed by atoms with Gasteiger partial charge in [0.1, 0.15) is 0 Å². The highest BCUT2D eigenvalue weighted by molar-refractivity contribution is 7.92. The Morgan fingerprint density at radius 2 is 0.739 bits per heavy atom. The monoisotopic (exact) mass is 1550 g/mol. The number of nitrogens with zero attached hydrogens (tertiary/aromatic N) is 11. The molecule has 0 radical (unpaired) electrons. The molecular formula is C37H62ClN25O17S12+2. The molecule has 7 aromatic rings. The highest BCUT2D eigenvalue weighted by atomic mass is 35.5. The van der Waals surface area contributed by atoms with Crippen molar-refractivity contribution in [2.24, 2.45) is 64.3 Å². The maximum atomic E-state index is 12.1. The van der Waals surface area contributed by atoms with Gasteiger partial charge in [-0.2, -0.15) is 0 Å². The van der Waals surface area contributed by atoms with E-state index in [1.807, 2.05) is 45.9 Å². The largest absolute Gasteiger partial charge is 0.481 e. The summed E-state index contributed by atoms with van der Waals surface area (Å²) in [4.78, 5) is 46.2. The van der Waals surface area contributed by atoms with Crippen molar-refractivity contribution in [2.45, 2.75) is 95.3 Å². The Hall–Kier alpha value is -6.46.